The molecule has 2 N–H and O–H groups in total. The van der Waals surface area contributed by atoms with Gasteiger partial charge in [-0.3, -0.25) is 9.59 Å². The molecule has 0 saturated heterocycles. The third-order valence-electron chi connectivity index (χ3n) is 5.45. The molecule has 0 spiro atoms. The van der Waals surface area contributed by atoms with Crippen LogP contribution in [0.1, 0.15) is 28.1 Å². The van der Waals surface area contributed by atoms with Gasteiger partial charge >= 0.3 is 11.8 Å². The van der Waals surface area contributed by atoms with E-state index in [1.54, 1.807) is 18.2 Å². The molecular weight excluding hydrogens is 420 g/mol. The highest BCUT2D eigenvalue weighted by atomic mass is 16.5. The van der Waals surface area contributed by atoms with Crippen molar-refractivity contribution in [2.75, 3.05) is 19.5 Å². The Morgan fingerprint density at radius 3 is 2.33 bits per heavy atom. The minimum Gasteiger partial charge on any atom is -0.497 e. The highest BCUT2D eigenvalue weighted by Gasteiger charge is 2.16. The number of aromatic nitrogens is 1. The van der Waals surface area contributed by atoms with E-state index >= 15 is 0 Å². The Hall–Kier alpha value is -4.07. The Balaban J connectivity index is 1.69. The minimum atomic E-state index is -0.896. The van der Waals surface area contributed by atoms with Crippen molar-refractivity contribution >= 4 is 23.7 Å². The van der Waals surface area contributed by atoms with Gasteiger partial charge in [-0.1, -0.05) is 6.07 Å². The van der Waals surface area contributed by atoms with Gasteiger partial charge in [-0.25, -0.2) is 5.43 Å². The summed E-state index contributed by atoms with van der Waals surface area (Å²) in [5.41, 5.74) is 8.96. The summed E-state index contributed by atoms with van der Waals surface area (Å²) in [6.07, 6.45) is 1.53. The predicted molar refractivity (Wildman–Crippen MR) is 129 cm³/mol. The second-order valence-electron chi connectivity index (χ2n) is 7.65. The third kappa shape index (κ3) is 5.23. The number of hydrogen-bond acceptors (Lipinski definition) is 5. The Labute approximate surface area is 193 Å². The third-order valence-corrected chi connectivity index (χ3v) is 5.45. The maximum atomic E-state index is 12.3. The number of aryl methyl sites for hydroxylation is 3. The van der Waals surface area contributed by atoms with Crippen molar-refractivity contribution in [1.82, 2.24) is 9.99 Å². The van der Waals surface area contributed by atoms with Gasteiger partial charge in [0.1, 0.15) is 11.5 Å². The van der Waals surface area contributed by atoms with Crippen LogP contribution in [0.2, 0.25) is 0 Å². The highest BCUT2D eigenvalue weighted by molar-refractivity contribution is 6.39. The number of nitrogens with one attached hydrogen (secondary N) is 2. The standard InChI is InChI=1S/C25H28N4O4/c1-15-7-8-20(11-16(15)2)29-17(3)12-19(18(29)4)14-26-28-25(31)24(30)27-22-10-9-21(32-5)13-23(22)33-6/h7-14H,1-6H3,(H,27,30)(H,28,31)/b26-14-. The molecule has 3 rings (SSSR count). The van der Waals surface area contributed by atoms with E-state index in [9.17, 15) is 9.59 Å². The number of benzene rings is 2. The van der Waals surface area contributed by atoms with Crippen LogP contribution in [-0.4, -0.2) is 36.8 Å². The molecule has 0 radical (unpaired) electrons. The second kappa shape index (κ2) is 10.0. The molecule has 0 aliphatic carbocycles. The summed E-state index contributed by atoms with van der Waals surface area (Å²) in [4.78, 5) is 24.5. The number of carbonyl (C=O) groups is 2. The van der Waals surface area contributed by atoms with Crippen molar-refractivity contribution in [3.8, 4) is 17.2 Å². The molecule has 1 heterocycles. The zero-order chi connectivity index (χ0) is 24.1. The first-order valence-electron chi connectivity index (χ1n) is 10.4. The molecule has 2 aromatic carbocycles. The Bertz CT molecular complexity index is 1230. The van der Waals surface area contributed by atoms with Crippen LogP contribution in [0.25, 0.3) is 5.69 Å². The average molecular weight is 449 g/mol. The summed E-state index contributed by atoms with van der Waals surface area (Å²) in [5.74, 6) is -0.821. The molecule has 0 bridgehead atoms. The number of nitrogens with zero attached hydrogens (tertiary/aromatic N) is 2. The van der Waals surface area contributed by atoms with Gasteiger partial charge in [-0.2, -0.15) is 5.10 Å². The summed E-state index contributed by atoms with van der Waals surface area (Å²) >= 11 is 0. The molecule has 2 amide bonds. The lowest BCUT2D eigenvalue weighted by atomic mass is 10.1. The van der Waals surface area contributed by atoms with Crippen molar-refractivity contribution in [3.63, 3.8) is 0 Å². The van der Waals surface area contributed by atoms with Crippen LogP contribution in [0, 0.1) is 27.7 Å². The quantitative estimate of drug-likeness (QED) is 0.341. The van der Waals surface area contributed by atoms with Crippen molar-refractivity contribution in [2.24, 2.45) is 5.10 Å². The summed E-state index contributed by atoms with van der Waals surface area (Å²) in [6.45, 7) is 8.15. The van der Waals surface area contributed by atoms with Gasteiger partial charge in [0.15, 0.2) is 0 Å². The molecule has 0 aliphatic heterocycles. The Morgan fingerprint density at radius 2 is 1.67 bits per heavy atom. The lowest BCUT2D eigenvalue weighted by molar-refractivity contribution is -0.136. The van der Waals surface area contributed by atoms with Gasteiger partial charge in [-0.15, -0.1) is 0 Å². The van der Waals surface area contributed by atoms with Crippen LogP contribution in [0.3, 0.4) is 0 Å². The van der Waals surface area contributed by atoms with Crippen molar-refractivity contribution < 1.29 is 19.1 Å². The van der Waals surface area contributed by atoms with Crippen molar-refractivity contribution in [3.05, 3.63) is 70.5 Å². The summed E-state index contributed by atoms with van der Waals surface area (Å²) < 4.78 is 12.5. The number of carbonyl (C=O) groups excluding carboxylic acids is 2. The van der Waals surface area contributed by atoms with Gasteiger partial charge < -0.3 is 19.4 Å². The summed E-state index contributed by atoms with van der Waals surface area (Å²) in [6, 6.07) is 13.1. The SMILES string of the molecule is COc1ccc(NC(=O)C(=O)N/N=C\c2cc(C)n(-c3ccc(C)c(C)c3)c2C)c(OC)c1. The van der Waals surface area contributed by atoms with Gasteiger partial charge in [-0.05, 0) is 69.2 Å². The van der Waals surface area contributed by atoms with Gasteiger partial charge in [0, 0.05) is 28.7 Å². The summed E-state index contributed by atoms with van der Waals surface area (Å²) in [5, 5.41) is 6.47. The maximum absolute atomic E-state index is 12.3. The summed E-state index contributed by atoms with van der Waals surface area (Å²) in [7, 11) is 2.99. The number of ether oxygens (including phenoxy) is 2. The number of hydrazone groups is 1. The fourth-order valence-corrected chi connectivity index (χ4v) is 3.47. The highest BCUT2D eigenvalue weighted by Crippen LogP contribution is 2.29. The van der Waals surface area contributed by atoms with E-state index in [0.29, 0.717) is 17.2 Å². The lowest BCUT2D eigenvalue weighted by Gasteiger charge is -2.11. The molecule has 0 saturated carbocycles. The molecule has 0 aliphatic rings. The van der Waals surface area contributed by atoms with E-state index in [1.807, 2.05) is 19.9 Å². The number of hydrogen-bond donors (Lipinski definition) is 2. The van der Waals surface area contributed by atoms with E-state index in [2.05, 4.69) is 52.5 Å². The van der Waals surface area contributed by atoms with Gasteiger partial charge in [0.25, 0.3) is 0 Å². The molecule has 8 nitrogen and oxygen atoms in total. The molecule has 172 valence electrons. The van der Waals surface area contributed by atoms with Crippen molar-refractivity contribution in [1.29, 1.82) is 0 Å². The first kappa shape index (κ1) is 23.6. The first-order chi connectivity index (χ1) is 15.7. The molecule has 0 unspecified atom stereocenters. The number of rotatable bonds is 6. The molecule has 0 atom stereocenters. The monoisotopic (exact) mass is 448 g/mol. The van der Waals surface area contributed by atoms with E-state index in [4.69, 9.17) is 9.47 Å². The normalized spacial score (nSPS) is 10.8. The molecule has 3 aromatic rings. The number of methoxy groups -OCH3 is 2. The molecule has 8 heteroatoms. The molecule has 0 fully saturated rings. The number of amides is 2. The van der Waals surface area contributed by atoms with E-state index < -0.39 is 11.8 Å². The molecule has 33 heavy (non-hydrogen) atoms. The van der Waals surface area contributed by atoms with Crippen molar-refractivity contribution in [2.45, 2.75) is 27.7 Å². The number of anilines is 1. The fourth-order valence-electron chi connectivity index (χ4n) is 3.47. The lowest BCUT2D eigenvalue weighted by Crippen LogP contribution is -2.32. The van der Waals surface area contributed by atoms with E-state index in [-0.39, 0.29) is 0 Å². The molecule has 1 aromatic heterocycles. The van der Waals surface area contributed by atoms with Crippen LogP contribution >= 0.6 is 0 Å². The van der Waals surface area contributed by atoms with Crippen LogP contribution in [-0.2, 0) is 9.59 Å². The second-order valence-corrected chi connectivity index (χ2v) is 7.65. The average Bonchev–Trinajstić information content (AvgIpc) is 3.08. The van der Waals surface area contributed by atoms with E-state index in [1.165, 1.54) is 31.6 Å². The minimum absolute atomic E-state index is 0.347. The Kier molecular flexibility index (Phi) is 7.17. The van der Waals surface area contributed by atoms with E-state index in [0.717, 1.165) is 22.6 Å². The van der Waals surface area contributed by atoms with Crippen LogP contribution in [0.5, 0.6) is 11.5 Å². The zero-order valence-electron chi connectivity index (χ0n) is 19.6. The topological polar surface area (TPSA) is 94.0 Å². The predicted octanol–water partition coefficient (Wildman–Crippen LogP) is 3.82. The maximum Gasteiger partial charge on any atom is 0.329 e. The van der Waals surface area contributed by atoms with Gasteiger partial charge in [0.2, 0.25) is 0 Å². The first-order valence-corrected chi connectivity index (χ1v) is 10.4. The Morgan fingerprint density at radius 1 is 0.909 bits per heavy atom. The van der Waals surface area contributed by atoms with Crippen LogP contribution < -0.4 is 20.2 Å². The van der Waals surface area contributed by atoms with Crippen LogP contribution in [0.15, 0.2) is 47.6 Å². The molecular formula is C25H28N4O4. The van der Waals surface area contributed by atoms with Gasteiger partial charge in [0.05, 0.1) is 26.1 Å². The fraction of sp³-hybridized carbons (Fsp3) is 0.240. The smallest absolute Gasteiger partial charge is 0.329 e. The zero-order valence-corrected chi connectivity index (χ0v) is 19.6. The van der Waals surface area contributed by atoms with Crippen LogP contribution in [0.4, 0.5) is 5.69 Å². The largest absolute Gasteiger partial charge is 0.497 e.